The van der Waals surface area contributed by atoms with Gasteiger partial charge in [0.05, 0.1) is 5.69 Å². The SMILES string of the molecule is Cc1cc(C)c(CNCc2cc(C)on2)c(C)c1. The number of aromatic nitrogens is 1. The number of nitrogens with zero attached hydrogens (tertiary/aromatic N) is 1. The monoisotopic (exact) mass is 244 g/mol. The molecule has 2 rings (SSSR count). The van der Waals surface area contributed by atoms with Gasteiger partial charge in [-0.25, -0.2) is 0 Å². The van der Waals surface area contributed by atoms with Gasteiger partial charge in [0.15, 0.2) is 0 Å². The molecule has 0 atom stereocenters. The first-order valence-electron chi connectivity index (χ1n) is 6.26. The predicted molar refractivity (Wildman–Crippen MR) is 72.4 cm³/mol. The van der Waals surface area contributed by atoms with Gasteiger partial charge in [-0.05, 0) is 44.4 Å². The Morgan fingerprint density at radius 1 is 1.00 bits per heavy atom. The van der Waals surface area contributed by atoms with Gasteiger partial charge in [0.2, 0.25) is 0 Å². The van der Waals surface area contributed by atoms with E-state index >= 15 is 0 Å². The van der Waals surface area contributed by atoms with E-state index in [4.69, 9.17) is 4.52 Å². The first-order valence-corrected chi connectivity index (χ1v) is 6.26. The summed E-state index contributed by atoms with van der Waals surface area (Å²) in [5.41, 5.74) is 6.34. The molecule has 96 valence electrons. The average Bonchev–Trinajstić information content (AvgIpc) is 2.68. The van der Waals surface area contributed by atoms with Crippen LogP contribution < -0.4 is 5.32 Å². The summed E-state index contributed by atoms with van der Waals surface area (Å²) < 4.78 is 5.04. The number of hydrogen-bond donors (Lipinski definition) is 1. The molecule has 1 heterocycles. The zero-order valence-electron chi connectivity index (χ0n) is 11.5. The topological polar surface area (TPSA) is 38.1 Å². The van der Waals surface area contributed by atoms with E-state index in [1.807, 2.05) is 13.0 Å². The molecular weight excluding hydrogens is 224 g/mol. The summed E-state index contributed by atoms with van der Waals surface area (Å²) in [6, 6.07) is 6.41. The fraction of sp³-hybridized carbons (Fsp3) is 0.400. The first-order chi connectivity index (χ1) is 8.56. The molecule has 0 radical (unpaired) electrons. The van der Waals surface area contributed by atoms with Gasteiger partial charge in [-0.15, -0.1) is 0 Å². The van der Waals surface area contributed by atoms with Crippen LogP contribution in [0.25, 0.3) is 0 Å². The molecule has 0 aliphatic rings. The number of aryl methyl sites for hydroxylation is 4. The summed E-state index contributed by atoms with van der Waals surface area (Å²) in [6.45, 7) is 9.97. The van der Waals surface area contributed by atoms with Gasteiger partial charge in [0.1, 0.15) is 5.76 Å². The lowest BCUT2D eigenvalue weighted by atomic mass is 10.00. The van der Waals surface area contributed by atoms with Gasteiger partial charge >= 0.3 is 0 Å². The minimum absolute atomic E-state index is 0.740. The lowest BCUT2D eigenvalue weighted by Crippen LogP contribution is -2.14. The highest BCUT2D eigenvalue weighted by Gasteiger charge is 2.04. The predicted octanol–water partition coefficient (Wildman–Crippen LogP) is 3.20. The summed E-state index contributed by atoms with van der Waals surface area (Å²) in [5, 5.41) is 7.38. The maximum Gasteiger partial charge on any atom is 0.133 e. The second-order valence-electron chi connectivity index (χ2n) is 4.91. The van der Waals surface area contributed by atoms with Crippen molar-refractivity contribution in [3.63, 3.8) is 0 Å². The zero-order valence-corrected chi connectivity index (χ0v) is 11.5. The maximum absolute atomic E-state index is 5.04. The summed E-state index contributed by atoms with van der Waals surface area (Å²) in [6.07, 6.45) is 0. The highest BCUT2D eigenvalue weighted by molar-refractivity contribution is 5.37. The van der Waals surface area contributed by atoms with Crippen LogP contribution in [0, 0.1) is 27.7 Å². The van der Waals surface area contributed by atoms with Crippen molar-refractivity contribution >= 4 is 0 Å². The standard InChI is InChI=1S/C15H20N2O/c1-10-5-11(2)15(12(3)6-10)9-16-8-14-7-13(4)18-17-14/h5-7,16H,8-9H2,1-4H3. The van der Waals surface area contributed by atoms with Crippen LogP contribution in [0.15, 0.2) is 22.7 Å². The van der Waals surface area contributed by atoms with Crippen LogP contribution in [0.3, 0.4) is 0 Å². The van der Waals surface area contributed by atoms with Crippen molar-refractivity contribution in [3.8, 4) is 0 Å². The Kier molecular flexibility index (Phi) is 3.82. The van der Waals surface area contributed by atoms with Crippen molar-refractivity contribution in [2.24, 2.45) is 0 Å². The quantitative estimate of drug-likeness (QED) is 0.897. The number of rotatable bonds is 4. The van der Waals surface area contributed by atoms with Crippen molar-refractivity contribution in [3.05, 3.63) is 51.9 Å². The van der Waals surface area contributed by atoms with Crippen LogP contribution >= 0.6 is 0 Å². The highest BCUT2D eigenvalue weighted by Crippen LogP contribution is 2.16. The van der Waals surface area contributed by atoms with Gasteiger partial charge in [0.25, 0.3) is 0 Å². The van der Waals surface area contributed by atoms with E-state index in [0.717, 1.165) is 24.5 Å². The van der Waals surface area contributed by atoms with E-state index in [-0.39, 0.29) is 0 Å². The first kappa shape index (κ1) is 12.8. The number of hydrogen-bond acceptors (Lipinski definition) is 3. The third-order valence-corrected chi connectivity index (χ3v) is 3.13. The molecular formula is C15H20N2O. The maximum atomic E-state index is 5.04. The van der Waals surface area contributed by atoms with E-state index in [9.17, 15) is 0 Å². The molecule has 1 aromatic heterocycles. The average molecular weight is 244 g/mol. The second kappa shape index (κ2) is 5.36. The van der Waals surface area contributed by atoms with E-state index in [1.54, 1.807) is 0 Å². The highest BCUT2D eigenvalue weighted by atomic mass is 16.5. The fourth-order valence-corrected chi connectivity index (χ4v) is 2.31. The molecule has 18 heavy (non-hydrogen) atoms. The Labute approximate surface area is 108 Å². The third kappa shape index (κ3) is 2.99. The van der Waals surface area contributed by atoms with Gasteiger partial charge in [-0.2, -0.15) is 0 Å². The summed E-state index contributed by atoms with van der Waals surface area (Å²) in [4.78, 5) is 0. The van der Waals surface area contributed by atoms with Crippen LogP contribution in [0.5, 0.6) is 0 Å². The zero-order chi connectivity index (χ0) is 13.1. The smallest absolute Gasteiger partial charge is 0.133 e. The van der Waals surface area contributed by atoms with Crippen molar-refractivity contribution in [2.75, 3.05) is 0 Å². The molecule has 1 aromatic carbocycles. The minimum atomic E-state index is 0.740. The molecule has 0 amide bonds. The lowest BCUT2D eigenvalue weighted by Gasteiger charge is -2.11. The Morgan fingerprint density at radius 2 is 1.67 bits per heavy atom. The molecule has 3 heteroatoms. The molecule has 0 bridgehead atoms. The van der Waals surface area contributed by atoms with Crippen molar-refractivity contribution in [1.82, 2.24) is 10.5 Å². The van der Waals surface area contributed by atoms with Crippen molar-refractivity contribution in [1.29, 1.82) is 0 Å². The molecule has 3 nitrogen and oxygen atoms in total. The summed E-state index contributed by atoms with van der Waals surface area (Å²) in [5.74, 6) is 0.856. The second-order valence-corrected chi connectivity index (χ2v) is 4.91. The Balaban J connectivity index is 1.98. The van der Waals surface area contributed by atoms with Gasteiger partial charge < -0.3 is 9.84 Å². The Morgan fingerprint density at radius 3 is 2.22 bits per heavy atom. The molecule has 0 aliphatic heterocycles. The lowest BCUT2D eigenvalue weighted by molar-refractivity contribution is 0.388. The van der Waals surface area contributed by atoms with E-state index in [2.05, 4.69) is 43.4 Å². The molecule has 0 unspecified atom stereocenters. The summed E-state index contributed by atoms with van der Waals surface area (Å²) >= 11 is 0. The van der Waals surface area contributed by atoms with Crippen LogP contribution in [0.4, 0.5) is 0 Å². The van der Waals surface area contributed by atoms with Gasteiger partial charge in [-0.1, -0.05) is 22.9 Å². The van der Waals surface area contributed by atoms with E-state index in [0.29, 0.717) is 0 Å². The number of nitrogens with one attached hydrogen (secondary N) is 1. The van der Waals surface area contributed by atoms with Crippen molar-refractivity contribution in [2.45, 2.75) is 40.8 Å². The molecule has 0 spiro atoms. The molecule has 0 fully saturated rings. The van der Waals surface area contributed by atoms with Gasteiger partial charge in [0, 0.05) is 19.2 Å². The normalized spacial score (nSPS) is 10.9. The Bertz CT molecular complexity index is 520. The molecule has 0 saturated carbocycles. The molecule has 0 saturated heterocycles. The molecule has 1 N–H and O–H groups in total. The molecule has 0 aliphatic carbocycles. The van der Waals surface area contributed by atoms with E-state index < -0.39 is 0 Å². The molecule has 2 aromatic rings. The number of benzene rings is 1. The van der Waals surface area contributed by atoms with Crippen LogP contribution in [0.1, 0.15) is 33.7 Å². The van der Waals surface area contributed by atoms with Crippen LogP contribution in [0.2, 0.25) is 0 Å². The fourth-order valence-electron chi connectivity index (χ4n) is 2.31. The largest absolute Gasteiger partial charge is 0.361 e. The van der Waals surface area contributed by atoms with Crippen LogP contribution in [-0.2, 0) is 13.1 Å². The van der Waals surface area contributed by atoms with Crippen LogP contribution in [-0.4, -0.2) is 5.16 Å². The minimum Gasteiger partial charge on any atom is -0.361 e. The van der Waals surface area contributed by atoms with E-state index in [1.165, 1.54) is 22.3 Å². The Hall–Kier alpha value is -1.61. The summed E-state index contributed by atoms with van der Waals surface area (Å²) in [7, 11) is 0. The third-order valence-electron chi connectivity index (χ3n) is 3.13. The van der Waals surface area contributed by atoms with Crippen molar-refractivity contribution < 1.29 is 4.52 Å². The van der Waals surface area contributed by atoms with Gasteiger partial charge in [-0.3, -0.25) is 0 Å².